The van der Waals surface area contributed by atoms with Gasteiger partial charge in [0.1, 0.15) is 5.54 Å². The van der Waals surface area contributed by atoms with Crippen molar-refractivity contribution in [1.29, 1.82) is 5.26 Å². The predicted molar refractivity (Wildman–Crippen MR) is 86.0 cm³/mol. The summed E-state index contributed by atoms with van der Waals surface area (Å²) in [4.78, 5) is 4.52. The van der Waals surface area contributed by atoms with Gasteiger partial charge in [0.05, 0.1) is 11.1 Å². The van der Waals surface area contributed by atoms with Crippen LogP contribution in [0.15, 0.2) is 17.2 Å². The molecule has 3 nitrogen and oxygen atoms in total. The van der Waals surface area contributed by atoms with Gasteiger partial charge in [-0.25, -0.2) is 4.98 Å². The molecule has 0 aliphatic rings. The first-order valence-electron chi connectivity index (χ1n) is 7.12. The van der Waals surface area contributed by atoms with E-state index in [1.165, 1.54) is 5.56 Å². The molecule has 1 rings (SSSR count). The fourth-order valence-electron chi connectivity index (χ4n) is 2.28. The van der Waals surface area contributed by atoms with Crippen LogP contribution in [0.3, 0.4) is 0 Å². The van der Waals surface area contributed by atoms with Crippen LogP contribution in [0.1, 0.15) is 44.9 Å². The van der Waals surface area contributed by atoms with Crippen molar-refractivity contribution in [2.75, 3.05) is 5.75 Å². The van der Waals surface area contributed by atoms with Crippen molar-refractivity contribution in [2.45, 2.75) is 64.1 Å². The van der Waals surface area contributed by atoms with Crippen LogP contribution in [0.4, 0.5) is 0 Å². The molecule has 0 fully saturated rings. The summed E-state index contributed by atoms with van der Waals surface area (Å²) >= 11 is 1.77. The third-order valence-electron chi connectivity index (χ3n) is 3.00. The largest absolute Gasteiger partial charge is 0.297 e. The van der Waals surface area contributed by atoms with Crippen LogP contribution < -0.4 is 5.32 Å². The second-order valence-electron chi connectivity index (χ2n) is 5.82. The van der Waals surface area contributed by atoms with Crippen LogP contribution in [0.25, 0.3) is 0 Å². The topological polar surface area (TPSA) is 48.7 Å². The van der Waals surface area contributed by atoms with Crippen molar-refractivity contribution < 1.29 is 0 Å². The number of nitrogens with one attached hydrogen (secondary N) is 1. The number of nitriles is 1. The average Bonchev–Trinajstić information content (AvgIpc) is 2.33. The second-order valence-corrected chi connectivity index (χ2v) is 6.93. The molecule has 0 spiro atoms. The summed E-state index contributed by atoms with van der Waals surface area (Å²) in [5, 5.41) is 13.7. The smallest absolute Gasteiger partial charge is 0.104 e. The number of aromatic nitrogens is 1. The predicted octanol–water partition coefficient (Wildman–Crippen LogP) is 3.85. The highest BCUT2D eigenvalue weighted by Crippen LogP contribution is 2.21. The van der Waals surface area contributed by atoms with Gasteiger partial charge in [-0.3, -0.25) is 5.32 Å². The van der Waals surface area contributed by atoms with E-state index in [1.807, 2.05) is 13.8 Å². The molecule has 1 atom stereocenters. The lowest BCUT2D eigenvalue weighted by Crippen LogP contribution is -2.44. The van der Waals surface area contributed by atoms with Gasteiger partial charge < -0.3 is 0 Å². The summed E-state index contributed by atoms with van der Waals surface area (Å²) < 4.78 is 0. The lowest BCUT2D eigenvalue weighted by molar-refractivity contribution is 0.380. The van der Waals surface area contributed by atoms with Gasteiger partial charge in [0.2, 0.25) is 0 Å². The Balaban J connectivity index is 2.43. The molecule has 0 aliphatic carbocycles. The molecule has 0 radical (unpaired) electrons. The molecule has 0 bridgehead atoms. The lowest BCUT2D eigenvalue weighted by Gasteiger charge is -2.25. The molecule has 4 heteroatoms. The molecule has 0 saturated heterocycles. The molecule has 110 valence electrons. The average molecular weight is 291 g/mol. The van der Waals surface area contributed by atoms with Gasteiger partial charge in [0.25, 0.3) is 0 Å². The van der Waals surface area contributed by atoms with Crippen LogP contribution >= 0.6 is 11.8 Å². The Labute approximate surface area is 127 Å². The second kappa shape index (κ2) is 7.66. The van der Waals surface area contributed by atoms with Crippen LogP contribution in [-0.2, 0) is 0 Å². The maximum Gasteiger partial charge on any atom is 0.104 e. The molecule has 1 N–H and O–H groups in total. The number of thioether (sulfide) groups is 1. The van der Waals surface area contributed by atoms with E-state index >= 15 is 0 Å². The van der Waals surface area contributed by atoms with E-state index in [-0.39, 0.29) is 0 Å². The highest BCUT2D eigenvalue weighted by molar-refractivity contribution is 7.99. The van der Waals surface area contributed by atoms with E-state index < -0.39 is 5.54 Å². The van der Waals surface area contributed by atoms with E-state index in [0.717, 1.165) is 29.3 Å². The number of aryl methyl sites for hydroxylation is 2. The molecular formula is C16H25N3S. The van der Waals surface area contributed by atoms with E-state index in [2.05, 4.69) is 49.3 Å². The fraction of sp³-hybridized carbons (Fsp3) is 0.625. The zero-order valence-electron chi connectivity index (χ0n) is 13.2. The fourth-order valence-corrected chi connectivity index (χ4v) is 3.25. The quantitative estimate of drug-likeness (QED) is 0.612. The summed E-state index contributed by atoms with van der Waals surface area (Å²) in [5.74, 6) is 0.993. The molecule has 1 unspecified atom stereocenters. The van der Waals surface area contributed by atoms with Crippen LogP contribution in [-0.4, -0.2) is 22.3 Å². The lowest BCUT2D eigenvalue weighted by atomic mass is 9.97. The van der Waals surface area contributed by atoms with E-state index in [1.54, 1.807) is 11.8 Å². The third-order valence-corrected chi connectivity index (χ3v) is 4.00. The molecule has 1 heterocycles. The molecule has 1 aromatic heterocycles. The standard InChI is InChI=1S/C16H25N3S/c1-12(2)19-16(5,11-17)7-6-8-20-15-10-13(3)9-14(4)18-15/h9-10,12,19H,6-8H2,1-5H3. The van der Waals surface area contributed by atoms with Gasteiger partial charge in [-0.15, -0.1) is 11.8 Å². The van der Waals surface area contributed by atoms with E-state index in [9.17, 15) is 5.26 Å². The first-order chi connectivity index (χ1) is 9.34. The van der Waals surface area contributed by atoms with Crippen LogP contribution in [0, 0.1) is 25.2 Å². The summed E-state index contributed by atoms with van der Waals surface area (Å²) in [5.41, 5.74) is 1.89. The SMILES string of the molecule is Cc1cc(C)nc(SCCCC(C)(C#N)NC(C)C)c1. The third kappa shape index (κ3) is 5.94. The molecule has 0 aromatic carbocycles. The molecule has 20 heavy (non-hydrogen) atoms. The number of pyridine rings is 1. The normalized spacial score (nSPS) is 14.1. The Morgan fingerprint density at radius 2 is 2.10 bits per heavy atom. The monoisotopic (exact) mass is 291 g/mol. The first-order valence-corrected chi connectivity index (χ1v) is 8.10. The highest BCUT2D eigenvalue weighted by atomic mass is 32.2. The number of hydrogen-bond acceptors (Lipinski definition) is 4. The zero-order valence-corrected chi connectivity index (χ0v) is 14.0. The zero-order chi connectivity index (χ0) is 15.2. The number of nitrogens with zero attached hydrogens (tertiary/aromatic N) is 2. The van der Waals surface area contributed by atoms with Gasteiger partial charge in [0.15, 0.2) is 0 Å². The summed E-state index contributed by atoms with van der Waals surface area (Å²) in [7, 11) is 0. The maximum absolute atomic E-state index is 9.29. The molecule has 0 amide bonds. The van der Waals surface area contributed by atoms with Crippen molar-refractivity contribution >= 4 is 11.8 Å². The maximum atomic E-state index is 9.29. The van der Waals surface area contributed by atoms with Crippen molar-refractivity contribution in [3.63, 3.8) is 0 Å². The van der Waals surface area contributed by atoms with Gasteiger partial charge >= 0.3 is 0 Å². The molecule has 1 aromatic rings. The van der Waals surface area contributed by atoms with Gasteiger partial charge in [-0.05, 0) is 70.9 Å². The Hall–Kier alpha value is -1.05. The summed E-state index contributed by atoms with van der Waals surface area (Å²) in [6, 6.07) is 6.92. The van der Waals surface area contributed by atoms with Crippen molar-refractivity contribution in [3.05, 3.63) is 23.4 Å². The molecular weight excluding hydrogens is 266 g/mol. The highest BCUT2D eigenvalue weighted by Gasteiger charge is 2.23. The summed E-state index contributed by atoms with van der Waals surface area (Å²) in [6.45, 7) is 10.2. The minimum Gasteiger partial charge on any atom is -0.297 e. The van der Waals surface area contributed by atoms with Gasteiger partial charge in [0, 0.05) is 11.7 Å². The number of hydrogen-bond donors (Lipinski definition) is 1. The minimum absolute atomic E-state index is 0.327. The van der Waals surface area contributed by atoms with Gasteiger partial charge in [-0.1, -0.05) is 0 Å². The Bertz CT molecular complexity index is 459. The van der Waals surface area contributed by atoms with Crippen molar-refractivity contribution in [1.82, 2.24) is 10.3 Å². The van der Waals surface area contributed by atoms with Crippen molar-refractivity contribution in [3.8, 4) is 6.07 Å². The van der Waals surface area contributed by atoms with Crippen LogP contribution in [0.2, 0.25) is 0 Å². The summed E-state index contributed by atoms with van der Waals surface area (Å²) in [6.07, 6.45) is 1.86. The van der Waals surface area contributed by atoms with E-state index in [0.29, 0.717) is 6.04 Å². The molecule has 0 aliphatic heterocycles. The first kappa shape index (κ1) is 17.0. The Kier molecular flexibility index (Phi) is 6.51. The van der Waals surface area contributed by atoms with E-state index in [4.69, 9.17) is 0 Å². The molecule has 0 saturated carbocycles. The Morgan fingerprint density at radius 1 is 1.40 bits per heavy atom. The van der Waals surface area contributed by atoms with Crippen molar-refractivity contribution in [2.24, 2.45) is 0 Å². The van der Waals surface area contributed by atoms with Gasteiger partial charge in [-0.2, -0.15) is 5.26 Å². The minimum atomic E-state index is -0.426. The number of rotatable bonds is 7. The van der Waals surface area contributed by atoms with Crippen LogP contribution in [0.5, 0.6) is 0 Å². The Morgan fingerprint density at radius 3 is 2.65 bits per heavy atom.